The predicted octanol–water partition coefficient (Wildman–Crippen LogP) is 4.16. The molecule has 2 aromatic carbocycles. The molecule has 2 N–H and O–H groups in total. The molecule has 0 radical (unpaired) electrons. The van der Waals surface area contributed by atoms with Crippen LogP contribution in [-0.4, -0.2) is 11.9 Å². The van der Waals surface area contributed by atoms with E-state index >= 15 is 0 Å². The summed E-state index contributed by atoms with van der Waals surface area (Å²) in [5, 5.41) is 1.63. The first-order valence-corrected chi connectivity index (χ1v) is 7.74. The molecule has 0 atom stereocenters. The van der Waals surface area contributed by atoms with E-state index in [1.807, 2.05) is 12.1 Å². The van der Waals surface area contributed by atoms with E-state index in [0.29, 0.717) is 17.2 Å². The van der Waals surface area contributed by atoms with Gasteiger partial charge in [-0.15, -0.1) is 0 Å². The van der Waals surface area contributed by atoms with Gasteiger partial charge in [0.15, 0.2) is 5.58 Å². The first-order valence-electron chi connectivity index (χ1n) is 7.37. The summed E-state index contributed by atoms with van der Waals surface area (Å²) in [5.74, 6) is 0.754. The van der Waals surface area contributed by atoms with Crippen molar-refractivity contribution in [2.24, 2.45) is 5.73 Å². The summed E-state index contributed by atoms with van der Waals surface area (Å²) >= 11 is 6.38. The zero-order valence-electron chi connectivity index (χ0n) is 12.4. The van der Waals surface area contributed by atoms with Crippen molar-refractivity contribution in [2.75, 3.05) is 7.05 Å². The van der Waals surface area contributed by atoms with Crippen LogP contribution < -0.4 is 5.73 Å². The van der Waals surface area contributed by atoms with Crippen LogP contribution in [0.2, 0.25) is 5.02 Å². The van der Waals surface area contributed by atoms with Gasteiger partial charge < -0.3 is 10.2 Å². The Morgan fingerprint density at radius 2 is 1.91 bits per heavy atom. The summed E-state index contributed by atoms with van der Waals surface area (Å²) in [4.78, 5) is 2.31. The molecule has 0 bridgehead atoms. The molecule has 112 valence electrons. The number of nitrogens with zero attached hydrogens (tertiary/aromatic N) is 1. The minimum absolute atomic E-state index is 0.380. The van der Waals surface area contributed by atoms with Crippen LogP contribution in [0.15, 0.2) is 40.8 Å². The fourth-order valence-electron chi connectivity index (χ4n) is 3.18. The van der Waals surface area contributed by atoms with E-state index in [-0.39, 0.29) is 0 Å². The molecule has 0 fully saturated rings. The smallest absolute Gasteiger partial charge is 0.152 e. The Hall–Kier alpha value is -1.81. The third kappa shape index (κ3) is 2.22. The third-order valence-electron chi connectivity index (χ3n) is 4.24. The molecule has 4 heteroatoms. The molecular formula is C18H17ClN2O. The van der Waals surface area contributed by atoms with Crippen LogP contribution in [0.3, 0.4) is 0 Å². The van der Waals surface area contributed by atoms with Gasteiger partial charge in [0, 0.05) is 18.5 Å². The monoisotopic (exact) mass is 312 g/mol. The van der Waals surface area contributed by atoms with Crippen molar-refractivity contribution in [3.05, 3.63) is 58.3 Å². The fraction of sp³-hybridized carbons (Fsp3) is 0.222. The second-order valence-electron chi connectivity index (χ2n) is 5.95. The summed E-state index contributed by atoms with van der Waals surface area (Å²) in [7, 11) is 2.14. The number of furan rings is 1. The first kappa shape index (κ1) is 13.8. The van der Waals surface area contributed by atoms with Gasteiger partial charge in [-0.3, -0.25) is 4.90 Å². The summed E-state index contributed by atoms with van der Waals surface area (Å²) < 4.78 is 5.66. The Labute approximate surface area is 134 Å². The molecule has 1 aliphatic rings. The lowest BCUT2D eigenvalue weighted by Gasteiger charge is -2.06. The molecule has 4 rings (SSSR count). The second kappa shape index (κ2) is 5.13. The molecule has 0 saturated heterocycles. The Kier molecular flexibility index (Phi) is 3.22. The number of fused-ring (bicyclic) bond motifs is 2. The van der Waals surface area contributed by atoms with E-state index in [1.54, 1.807) is 0 Å². The van der Waals surface area contributed by atoms with Crippen LogP contribution in [0.1, 0.15) is 16.9 Å². The van der Waals surface area contributed by atoms with E-state index < -0.39 is 0 Å². The number of rotatable bonds is 2. The van der Waals surface area contributed by atoms with Gasteiger partial charge in [0.25, 0.3) is 0 Å². The molecule has 0 aliphatic carbocycles. The van der Waals surface area contributed by atoms with Gasteiger partial charge in [-0.2, -0.15) is 0 Å². The standard InChI is InChI=1S/C18H17ClN2O/c1-21-9-12-3-2-11(4-15(12)10-21)13-5-14-6-16(8-20)22-18(14)17(19)7-13/h2-7H,8-10,20H2,1H3. The minimum atomic E-state index is 0.380. The van der Waals surface area contributed by atoms with Crippen molar-refractivity contribution in [2.45, 2.75) is 19.6 Å². The average Bonchev–Trinajstić information content (AvgIpc) is 3.08. The normalized spacial score (nSPS) is 14.7. The maximum absolute atomic E-state index is 6.38. The quantitative estimate of drug-likeness (QED) is 0.772. The van der Waals surface area contributed by atoms with Crippen molar-refractivity contribution in [3.63, 3.8) is 0 Å². The summed E-state index contributed by atoms with van der Waals surface area (Å²) in [6.07, 6.45) is 0. The average molecular weight is 313 g/mol. The molecule has 0 unspecified atom stereocenters. The molecule has 22 heavy (non-hydrogen) atoms. The van der Waals surface area contributed by atoms with Gasteiger partial charge in [-0.1, -0.05) is 23.7 Å². The van der Waals surface area contributed by atoms with E-state index in [2.05, 4.69) is 36.2 Å². The summed E-state index contributed by atoms with van der Waals surface area (Å²) in [6.45, 7) is 2.41. The Morgan fingerprint density at radius 3 is 2.73 bits per heavy atom. The topological polar surface area (TPSA) is 42.4 Å². The largest absolute Gasteiger partial charge is 0.458 e. The summed E-state index contributed by atoms with van der Waals surface area (Å²) in [5.41, 5.74) is 11.5. The van der Waals surface area contributed by atoms with Crippen LogP contribution in [-0.2, 0) is 19.6 Å². The highest BCUT2D eigenvalue weighted by molar-refractivity contribution is 6.35. The van der Waals surface area contributed by atoms with E-state index in [1.165, 1.54) is 16.7 Å². The van der Waals surface area contributed by atoms with Crippen molar-refractivity contribution in [1.82, 2.24) is 4.90 Å². The number of benzene rings is 2. The number of halogens is 1. The third-order valence-corrected chi connectivity index (χ3v) is 4.52. The SMILES string of the molecule is CN1Cc2ccc(-c3cc(Cl)c4oc(CN)cc4c3)cc2C1. The highest BCUT2D eigenvalue weighted by Crippen LogP contribution is 2.34. The van der Waals surface area contributed by atoms with E-state index in [9.17, 15) is 0 Å². The summed E-state index contributed by atoms with van der Waals surface area (Å²) in [6, 6.07) is 12.7. The number of hydrogen-bond acceptors (Lipinski definition) is 3. The Bertz CT molecular complexity index is 869. The molecule has 1 aromatic heterocycles. The van der Waals surface area contributed by atoms with Crippen molar-refractivity contribution >= 4 is 22.6 Å². The van der Waals surface area contributed by atoms with E-state index in [4.69, 9.17) is 21.8 Å². The number of hydrogen-bond donors (Lipinski definition) is 1. The van der Waals surface area contributed by atoms with Gasteiger partial charge >= 0.3 is 0 Å². The minimum Gasteiger partial charge on any atom is -0.458 e. The molecule has 2 heterocycles. The number of nitrogens with two attached hydrogens (primary N) is 1. The van der Waals surface area contributed by atoms with Gasteiger partial charge in [0.2, 0.25) is 0 Å². The van der Waals surface area contributed by atoms with Crippen LogP contribution in [0.5, 0.6) is 0 Å². The predicted molar refractivity (Wildman–Crippen MR) is 89.7 cm³/mol. The molecule has 3 nitrogen and oxygen atoms in total. The highest BCUT2D eigenvalue weighted by Gasteiger charge is 2.16. The zero-order valence-corrected chi connectivity index (χ0v) is 13.2. The van der Waals surface area contributed by atoms with Gasteiger partial charge in [-0.05, 0) is 53.6 Å². The lowest BCUT2D eigenvalue weighted by atomic mass is 9.99. The van der Waals surface area contributed by atoms with Crippen molar-refractivity contribution in [3.8, 4) is 11.1 Å². The Balaban J connectivity index is 1.83. The van der Waals surface area contributed by atoms with E-state index in [0.717, 1.165) is 29.8 Å². The van der Waals surface area contributed by atoms with Crippen LogP contribution in [0.4, 0.5) is 0 Å². The molecule has 1 aliphatic heterocycles. The maximum atomic E-state index is 6.38. The van der Waals surface area contributed by atoms with Crippen LogP contribution in [0, 0.1) is 0 Å². The zero-order chi connectivity index (χ0) is 15.3. The molecular weight excluding hydrogens is 296 g/mol. The van der Waals surface area contributed by atoms with Gasteiger partial charge in [0.1, 0.15) is 5.76 Å². The van der Waals surface area contributed by atoms with Gasteiger partial charge in [0.05, 0.1) is 11.6 Å². The molecule has 0 saturated carbocycles. The lowest BCUT2D eigenvalue weighted by molar-refractivity contribution is 0.353. The van der Waals surface area contributed by atoms with Crippen molar-refractivity contribution in [1.29, 1.82) is 0 Å². The van der Waals surface area contributed by atoms with Crippen LogP contribution >= 0.6 is 11.6 Å². The molecule has 3 aromatic rings. The second-order valence-corrected chi connectivity index (χ2v) is 6.36. The maximum Gasteiger partial charge on any atom is 0.152 e. The van der Waals surface area contributed by atoms with Crippen LogP contribution in [0.25, 0.3) is 22.1 Å². The molecule has 0 spiro atoms. The Morgan fingerprint density at radius 1 is 1.09 bits per heavy atom. The van der Waals surface area contributed by atoms with Crippen molar-refractivity contribution < 1.29 is 4.42 Å². The van der Waals surface area contributed by atoms with Gasteiger partial charge in [-0.25, -0.2) is 0 Å². The lowest BCUT2D eigenvalue weighted by Crippen LogP contribution is -2.07. The molecule has 0 amide bonds. The highest BCUT2D eigenvalue weighted by atomic mass is 35.5. The first-order chi connectivity index (χ1) is 10.6. The fourth-order valence-corrected chi connectivity index (χ4v) is 3.44.